The molecule has 1 fully saturated rings. The number of rotatable bonds is 5. The number of hydrogen-bond donors (Lipinski definition) is 2. The smallest absolute Gasteiger partial charge is 0.0510 e. The lowest BCUT2D eigenvalue weighted by molar-refractivity contribution is 0.471. The lowest BCUT2D eigenvalue weighted by Gasteiger charge is -2.29. The van der Waals surface area contributed by atoms with Crippen LogP contribution in [0, 0.1) is 0 Å². The van der Waals surface area contributed by atoms with Gasteiger partial charge in [0.2, 0.25) is 0 Å². The fraction of sp³-hybridized carbons (Fsp3) is 0.333. The fourth-order valence-electron chi connectivity index (χ4n) is 1.47. The lowest BCUT2D eigenvalue weighted by atomic mass is 10.1. The van der Waals surface area contributed by atoms with Crippen LogP contribution in [-0.4, -0.2) is 24.9 Å². The van der Waals surface area contributed by atoms with Crippen molar-refractivity contribution in [3.63, 3.8) is 0 Å². The van der Waals surface area contributed by atoms with E-state index in [2.05, 4.69) is 41.5 Å². The Morgan fingerprint density at radius 1 is 1.47 bits per heavy atom. The van der Waals surface area contributed by atoms with E-state index in [0.29, 0.717) is 6.04 Å². The van der Waals surface area contributed by atoms with Gasteiger partial charge in [-0.15, -0.1) is 18.3 Å². The highest BCUT2D eigenvalue weighted by atomic mass is 32.2. The second kappa shape index (κ2) is 5.24. The monoisotopic (exact) mass is 220 g/mol. The molecule has 1 heterocycles. The Morgan fingerprint density at radius 2 is 2.27 bits per heavy atom. The van der Waals surface area contributed by atoms with Gasteiger partial charge >= 0.3 is 0 Å². The molecule has 0 amide bonds. The van der Waals surface area contributed by atoms with Gasteiger partial charge in [-0.3, -0.25) is 0 Å². The second-order valence-corrected chi connectivity index (χ2v) is 4.66. The van der Waals surface area contributed by atoms with E-state index < -0.39 is 0 Å². The highest BCUT2D eigenvalue weighted by molar-refractivity contribution is 7.99. The van der Waals surface area contributed by atoms with E-state index in [-0.39, 0.29) is 0 Å². The first-order valence-corrected chi connectivity index (χ1v) is 6.18. The zero-order chi connectivity index (χ0) is 10.5. The minimum atomic E-state index is 0.593. The molecule has 0 bridgehead atoms. The lowest BCUT2D eigenvalue weighted by Crippen LogP contribution is -2.51. The van der Waals surface area contributed by atoms with Gasteiger partial charge in [-0.2, -0.15) is 0 Å². The van der Waals surface area contributed by atoms with Crippen LogP contribution in [0.1, 0.15) is 0 Å². The molecule has 0 unspecified atom stereocenters. The summed E-state index contributed by atoms with van der Waals surface area (Å²) in [6, 6.07) is 9.05. The molecule has 2 rings (SSSR count). The molecule has 1 aliphatic heterocycles. The summed E-state index contributed by atoms with van der Waals surface area (Å²) in [4.78, 5) is 1.31. The van der Waals surface area contributed by atoms with Crippen LogP contribution in [-0.2, 0) is 0 Å². The molecule has 80 valence electrons. The Morgan fingerprint density at radius 3 is 2.93 bits per heavy atom. The first kappa shape index (κ1) is 10.6. The second-order valence-electron chi connectivity index (χ2n) is 3.60. The molecule has 0 aliphatic carbocycles. The van der Waals surface area contributed by atoms with Crippen molar-refractivity contribution in [2.24, 2.45) is 0 Å². The van der Waals surface area contributed by atoms with Gasteiger partial charge in [0.25, 0.3) is 0 Å². The maximum Gasteiger partial charge on any atom is 0.0510 e. The van der Waals surface area contributed by atoms with Crippen molar-refractivity contribution in [3.8, 4) is 0 Å². The molecule has 1 saturated heterocycles. The van der Waals surface area contributed by atoms with Crippen molar-refractivity contribution in [1.29, 1.82) is 0 Å². The van der Waals surface area contributed by atoms with Crippen molar-refractivity contribution in [1.82, 2.24) is 5.32 Å². The Bertz CT molecular complexity index is 334. The van der Waals surface area contributed by atoms with Crippen LogP contribution in [0.2, 0.25) is 0 Å². The highest BCUT2D eigenvalue weighted by Gasteiger charge is 2.16. The van der Waals surface area contributed by atoms with E-state index in [4.69, 9.17) is 0 Å². The maximum absolute atomic E-state index is 3.74. The molecule has 0 spiro atoms. The van der Waals surface area contributed by atoms with E-state index in [0.717, 1.165) is 18.8 Å². The Kier molecular flexibility index (Phi) is 3.69. The molecule has 2 nitrogen and oxygen atoms in total. The number of anilines is 1. The summed E-state index contributed by atoms with van der Waals surface area (Å²) < 4.78 is 0. The molecule has 0 atom stereocenters. The van der Waals surface area contributed by atoms with Crippen LogP contribution < -0.4 is 10.6 Å². The molecule has 1 aromatic carbocycles. The summed E-state index contributed by atoms with van der Waals surface area (Å²) in [5.41, 5.74) is 1.25. The first-order chi connectivity index (χ1) is 7.40. The molecule has 15 heavy (non-hydrogen) atoms. The van der Waals surface area contributed by atoms with Crippen molar-refractivity contribution >= 4 is 17.4 Å². The number of para-hydroxylation sites is 1. The Balaban J connectivity index is 2.02. The third-order valence-electron chi connectivity index (χ3n) is 2.38. The third-order valence-corrected chi connectivity index (χ3v) is 3.45. The minimum absolute atomic E-state index is 0.593. The Hall–Kier alpha value is -0.930. The largest absolute Gasteiger partial charge is 0.379 e. The van der Waals surface area contributed by atoms with Crippen molar-refractivity contribution in [2.45, 2.75) is 10.9 Å². The number of hydrogen-bond acceptors (Lipinski definition) is 3. The third kappa shape index (κ3) is 2.76. The summed E-state index contributed by atoms with van der Waals surface area (Å²) in [6.45, 7) is 5.88. The van der Waals surface area contributed by atoms with Gasteiger partial charge in [-0.1, -0.05) is 18.2 Å². The summed E-state index contributed by atoms with van der Waals surface area (Å²) in [6.07, 6.45) is 1.94. The zero-order valence-electron chi connectivity index (χ0n) is 8.70. The van der Waals surface area contributed by atoms with Crippen LogP contribution >= 0.6 is 11.8 Å². The van der Waals surface area contributed by atoms with Crippen molar-refractivity contribution in [2.75, 3.05) is 24.2 Å². The average Bonchev–Trinajstić information content (AvgIpc) is 2.22. The van der Waals surface area contributed by atoms with Crippen molar-refractivity contribution < 1.29 is 0 Å². The van der Waals surface area contributed by atoms with Crippen LogP contribution in [0.4, 0.5) is 5.69 Å². The zero-order valence-corrected chi connectivity index (χ0v) is 9.52. The minimum Gasteiger partial charge on any atom is -0.379 e. The van der Waals surface area contributed by atoms with Crippen LogP contribution in [0.15, 0.2) is 41.8 Å². The van der Waals surface area contributed by atoms with Gasteiger partial charge in [-0.05, 0) is 12.1 Å². The first-order valence-electron chi connectivity index (χ1n) is 5.20. The Labute approximate surface area is 95.1 Å². The molecular formula is C12H16N2S. The quantitative estimate of drug-likeness (QED) is 0.588. The predicted octanol–water partition coefficient (Wildman–Crippen LogP) is 2.35. The molecule has 0 aromatic heterocycles. The molecular weight excluding hydrogens is 204 g/mol. The van der Waals surface area contributed by atoms with E-state index in [1.54, 1.807) is 0 Å². The normalized spacial score (nSPS) is 15.7. The van der Waals surface area contributed by atoms with Gasteiger partial charge in [0, 0.05) is 29.4 Å². The van der Waals surface area contributed by atoms with Gasteiger partial charge in [-0.25, -0.2) is 0 Å². The summed E-state index contributed by atoms with van der Waals surface area (Å²) >= 11 is 1.82. The summed E-state index contributed by atoms with van der Waals surface area (Å²) in [7, 11) is 0. The van der Waals surface area contributed by atoms with E-state index in [9.17, 15) is 0 Å². The highest BCUT2D eigenvalue weighted by Crippen LogP contribution is 2.27. The fourth-order valence-corrected chi connectivity index (χ4v) is 2.23. The number of thioether (sulfide) groups is 1. The molecule has 1 aliphatic rings. The SMILES string of the molecule is C=CCSc1ccccc1NC1CNC1. The predicted molar refractivity (Wildman–Crippen MR) is 67.6 cm³/mol. The maximum atomic E-state index is 3.74. The summed E-state index contributed by atoms with van der Waals surface area (Å²) in [5, 5.41) is 6.80. The molecule has 3 heteroatoms. The van der Waals surface area contributed by atoms with Gasteiger partial charge in [0.1, 0.15) is 0 Å². The van der Waals surface area contributed by atoms with Crippen LogP contribution in [0.25, 0.3) is 0 Å². The summed E-state index contributed by atoms with van der Waals surface area (Å²) in [5.74, 6) is 0.960. The van der Waals surface area contributed by atoms with E-state index in [1.807, 2.05) is 17.8 Å². The topological polar surface area (TPSA) is 24.1 Å². The van der Waals surface area contributed by atoms with Gasteiger partial charge in [0.05, 0.1) is 6.04 Å². The van der Waals surface area contributed by atoms with Crippen LogP contribution in [0.3, 0.4) is 0 Å². The molecule has 1 aromatic rings. The van der Waals surface area contributed by atoms with E-state index in [1.165, 1.54) is 10.6 Å². The number of nitrogens with one attached hydrogen (secondary N) is 2. The molecule has 0 radical (unpaired) electrons. The van der Waals surface area contributed by atoms with Crippen molar-refractivity contribution in [3.05, 3.63) is 36.9 Å². The average molecular weight is 220 g/mol. The van der Waals surface area contributed by atoms with Gasteiger partial charge in [0.15, 0.2) is 0 Å². The number of benzene rings is 1. The molecule has 0 saturated carbocycles. The van der Waals surface area contributed by atoms with Crippen LogP contribution in [0.5, 0.6) is 0 Å². The molecule has 2 N–H and O–H groups in total. The van der Waals surface area contributed by atoms with Gasteiger partial charge < -0.3 is 10.6 Å². The standard InChI is InChI=1S/C12H16N2S/c1-2-7-15-12-6-4-3-5-11(12)14-10-8-13-9-10/h2-6,10,13-14H,1,7-9H2. The van der Waals surface area contributed by atoms with E-state index >= 15 is 0 Å².